The van der Waals surface area contributed by atoms with E-state index in [2.05, 4.69) is 12.2 Å². The smallest absolute Gasteiger partial charge is 0.317 e. The molecule has 2 amide bonds. The Balaban J connectivity index is 1.97. The van der Waals surface area contributed by atoms with Crippen molar-refractivity contribution in [1.29, 1.82) is 0 Å². The Morgan fingerprint density at radius 3 is 2.32 bits per heavy atom. The number of aliphatic carboxylic acids is 1. The van der Waals surface area contributed by atoms with Gasteiger partial charge >= 0.3 is 12.0 Å². The van der Waals surface area contributed by atoms with E-state index in [-0.39, 0.29) is 11.6 Å². The highest BCUT2D eigenvalue weighted by Gasteiger charge is 2.40. The summed E-state index contributed by atoms with van der Waals surface area (Å²) in [4.78, 5) is 25.3. The van der Waals surface area contributed by atoms with Gasteiger partial charge in [0.05, 0.1) is 5.41 Å². The molecule has 2 aliphatic rings. The summed E-state index contributed by atoms with van der Waals surface area (Å²) < 4.78 is 0. The topological polar surface area (TPSA) is 69.6 Å². The number of carbonyl (C=O) groups is 2. The molecule has 0 spiro atoms. The largest absolute Gasteiger partial charge is 0.481 e. The number of likely N-dealkylation sites (tertiary alicyclic amines) is 1. The molecule has 2 N–H and O–H groups in total. The average Bonchev–Trinajstić information content (AvgIpc) is 2.75. The first kappa shape index (κ1) is 14.2. The van der Waals surface area contributed by atoms with E-state index in [0.717, 1.165) is 32.1 Å². The van der Waals surface area contributed by atoms with E-state index in [1.54, 1.807) is 11.8 Å². The third-order valence-electron chi connectivity index (χ3n) is 4.62. The van der Waals surface area contributed by atoms with Crippen LogP contribution in [0.25, 0.3) is 0 Å². The second-order valence-corrected chi connectivity index (χ2v) is 6.59. The van der Waals surface area contributed by atoms with E-state index in [1.807, 2.05) is 0 Å². The lowest BCUT2D eigenvalue weighted by Crippen LogP contribution is -2.55. The van der Waals surface area contributed by atoms with Crippen LogP contribution in [0.3, 0.4) is 0 Å². The van der Waals surface area contributed by atoms with Crippen LogP contribution in [-0.4, -0.2) is 40.6 Å². The van der Waals surface area contributed by atoms with Gasteiger partial charge in [-0.1, -0.05) is 12.8 Å². The highest BCUT2D eigenvalue weighted by atomic mass is 16.4. The van der Waals surface area contributed by atoms with Crippen LogP contribution in [0.5, 0.6) is 0 Å². The van der Waals surface area contributed by atoms with Gasteiger partial charge in [-0.3, -0.25) is 4.79 Å². The second-order valence-electron chi connectivity index (χ2n) is 6.59. The molecule has 0 aromatic rings. The lowest BCUT2D eigenvalue weighted by molar-refractivity contribution is -0.150. The maximum absolute atomic E-state index is 12.3. The van der Waals surface area contributed by atoms with Gasteiger partial charge in [-0.05, 0) is 39.5 Å². The predicted molar refractivity (Wildman–Crippen MR) is 72.0 cm³/mol. The summed E-state index contributed by atoms with van der Waals surface area (Å²) >= 11 is 0. The minimum Gasteiger partial charge on any atom is -0.481 e. The fourth-order valence-electron chi connectivity index (χ4n) is 3.20. The molecule has 1 atom stereocenters. The van der Waals surface area contributed by atoms with E-state index in [9.17, 15) is 14.7 Å². The first-order valence-corrected chi connectivity index (χ1v) is 7.15. The molecule has 0 bridgehead atoms. The Morgan fingerprint density at radius 2 is 1.74 bits per heavy atom. The Morgan fingerprint density at radius 1 is 1.11 bits per heavy atom. The van der Waals surface area contributed by atoms with Crippen LogP contribution in [0.2, 0.25) is 0 Å². The maximum atomic E-state index is 12.3. The van der Waals surface area contributed by atoms with Crippen molar-refractivity contribution in [3.8, 4) is 0 Å². The summed E-state index contributed by atoms with van der Waals surface area (Å²) in [6.45, 7) is 4.78. The summed E-state index contributed by atoms with van der Waals surface area (Å²) in [5.74, 6) is -0.808. The molecule has 1 heterocycles. The van der Waals surface area contributed by atoms with Gasteiger partial charge < -0.3 is 15.3 Å². The molecular weight excluding hydrogens is 244 g/mol. The van der Waals surface area contributed by atoms with Crippen LogP contribution in [-0.2, 0) is 4.79 Å². The van der Waals surface area contributed by atoms with Gasteiger partial charge in [0.25, 0.3) is 0 Å². The minimum atomic E-state index is -0.808. The number of carboxylic acids is 1. The zero-order valence-corrected chi connectivity index (χ0v) is 11.9. The molecule has 1 aliphatic heterocycles. The van der Waals surface area contributed by atoms with Crippen LogP contribution in [0, 0.1) is 5.41 Å². The number of hydrogen-bond acceptors (Lipinski definition) is 2. The Labute approximate surface area is 114 Å². The highest BCUT2D eigenvalue weighted by molar-refractivity contribution is 5.79. The van der Waals surface area contributed by atoms with Crippen LogP contribution < -0.4 is 5.32 Å². The van der Waals surface area contributed by atoms with Crippen molar-refractivity contribution in [1.82, 2.24) is 10.2 Å². The third-order valence-corrected chi connectivity index (χ3v) is 4.62. The predicted octanol–water partition coefficient (Wildman–Crippen LogP) is 2.22. The molecule has 5 heteroatoms. The molecule has 5 nitrogen and oxygen atoms in total. The molecule has 0 radical (unpaired) electrons. The summed E-state index contributed by atoms with van der Waals surface area (Å²) in [6.07, 6.45) is 5.75. The summed E-state index contributed by atoms with van der Waals surface area (Å²) in [6, 6.07) is -0.100. The molecular formula is C14H24N2O3. The number of piperidine rings is 1. The zero-order chi connectivity index (χ0) is 14.1. The van der Waals surface area contributed by atoms with E-state index in [0.29, 0.717) is 19.5 Å². The quantitative estimate of drug-likeness (QED) is 0.806. The number of nitrogens with zero attached hydrogens (tertiary/aromatic N) is 1. The van der Waals surface area contributed by atoms with Crippen LogP contribution in [0.1, 0.15) is 52.4 Å². The molecule has 1 saturated heterocycles. The Hall–Kier alpha value is -1.26. The van der Waals surface area contributed by atoms with Gasteiger partial charge in [-0.2, -0.15) is 0 Å². The molecule has 1 saturated carbocycles. The molecule has 2 fully saturated rings. The monoisotopic (exact) mass is 268 g/mol. The highest BCUT2D eigenvalue weighted by Crippen LogP contribution is 2.32. The average molecular weight is 268 g/mol. The van der Waals surface area contributed by atoms with Crippen molar-refractivity contribution in [3.63, 3.8) is 0 Å². The summed E-state index contributed by atoms with van der Waals surface area (Å²) in [7, 11) is 0. The first-order valence-electron chi connectivity index (χ1n) is 7.15. The second kappa shape index (κ2) is 5.02. The van der Waals surface area contributed by atoms with Gasteiger partial charge in [0.1, 0.15) is 0 Å². The lowest BCUT2D eigenvalue weighted by atomic mass is 9.82. The molecule has 19 heavy (non-hydrogen) atoms. The fourth-order valence-corrected chi connectivity index (χ4v) is 3.20. The van der Waals surface area contributed by atoms with Gasteiger partial charge in [-0.15, -0.1) is 0 Å². The lowest BCUT2D eigenvalue weighted by Gasteiger charge is -2.39. The Kier molecular flexibility index (Phi) is 3.74. The van der Waals surface area contributed by atoms with Crippen LogP contribution in [0.4, 0.5) is 4.79 Å². The van der Waals surface area contributed by atoms with E-state index in [1.165, 1.54) is 0 Å². The number of carbonyl (C=O) groups excluding carboxylic acids is 1. The van der Waals surface area contributed by atoms with Gasteiger partial charge in [0.15, 0.2) is 0 Å². The maximum Gasteiger partial charge on any atom is 0.317 e. The van der Waals surface area contributed by atoms with Gasteiger partial charge in [0, 0.05) is 18.6 Å². The van der Waals surface area contributed by atoms with Crippen molar-refractivity contribution in [2.75, 3.05) is 13.1 Å². The molecule has 0 aromatic heterocycles. The van der Waals surface area contributed by atoms with Crippen molar-refractivity contribution in [3.05, 3.63) is 0 Å². The van der Waals surface area contributed by atoms with Crippen LogP contribution in [0.15, 0.2) is 0 Å². The number of nitrogens with one attached hydrogen (secondary N) is 1. The number of urea groups is 1. The van der Waals surface area contributed by atoms with Gasteiger partial charge in [0.2, 0.25) is 0 Å². The molecule has 0 aromatic carbocycles. The standard InChI is InChI=1S/C14H24N2O3/c1-13(11(17)18)6-5-9-16(10-13)12(19)15-14(2)7-3-4-8-14/h3-10H2,1-2H3,(H,15,19)(H,17,18). The number of amides is 2. The van der Waals surface area contributed by atoms with Gasteiger partial charge in [-0.25, -0.2) is 4.79 Å². The van der Waals surface area contributed by atoms with Crippen molar-refractivity contribution in [2.45, 2.75) is 57.9 Å². The van der Waals surface area contributed by atoms with E-state index < -0.39 is 11.4 Å². The molecule has 2 rings (SSSR count). The molecule has 1 aliphatic carbocycles. The first-order chi connectivity index (χ1) is 8.85. The Bertz CT molecular complexity index is 377. The number of carboxylic acid groups (broad SMARTS) is 1. The van der Waals surface area contributed by atoms with Crippen LogP contribution >= 0.6 is 0 Å². The van der Waals surface area contributed by atoms with E-state index in [4.69, 9.17) is 0 Å². The zero-order valence-electron chi connectivity index (χ0n) is 11.9. The fraction of sp³-hybridized carbons (Fsp3) is 0.857. The summed E-state index contributed by atoms with van der Waals surface area (Å²) in [5.41, 5.74) is -0.902. The molecule has 108 valence electrons. The third kappa shape index (κ3) is 3.01. The number of rotatable bonds is 2. The summed E-state index contributed by atoms with van der Waals surface area (Å²) in [5, 5.41) is 12.4. The van der Waals surface area contributed by atoms with Crippen molar-refractivity contribution < 1.29 is 14.7 Å². The normalized spacial score (nSPS) is 30.1. The van der Waals surface area contributed by atoms with Crippen molar-refractivity contribution >= 4 is 12.0 Å². The number of hydrogen-bond donors (Lipinski definition) is 2. The minimum absolute atomic E-state index is 0.100. The van der Waals surface area contributed by atoms with Crippen molar-refractivity contribution in [2.24, 2.45) is 5.41 Å². The SMILES string of the molecule is CC1(NC(=O)N2CCCC(C)(C(=O)O)C2)CCCC1. The van der Waals surface area contributed by atoms with E-state index >= 15 is 0 Å². The molecule has 1 unspecified atom stereocenters.